The number of likely N-dealkylation sites (N-methyl/N-ethyl adjacent to an activating group) is 1. The molecule has 21 heavy (non-hydrogen) atoms. The van der Waals surface area contributed by atoms with E-state index < -0.39 is 0 Å². The van der Waals surface area contributed by atoms with Gasteiger partial charge in [-0.1, -0.05) is 37.2 Å². The number of nitrogens with zero attached hydrogens (tertiary/aromatic N) is 3. The zero-order chi connectivity index (χ0) is 14.7. The molecule has 3 rings (SSSR count). The number of nitrogens with one attached hydrogen (secondary N) is 1. The summed E-state index contributed by atoms with van der Waals surface area (Å²) in [5, 5.41) is 7.56. The number of aromatic nitrogens is 2. The Kier molecular flexibility index (Phi) is 4.20. The van der Waals surface area contributed by atoms with Crippen LogP contribution in [0.5, 0.6) is 0 Å². The molecule has 0 amide bonds. The lowest BCUT2D eigenvalue weighted by molar-refractivity contribution is 0.302. The number of hydrogen-bond donors (Lipinski definition) is 1. The molecule has 2 heterocycles. The summed E-state index contributed by atoms with van der Waals surface area (Å²) >= 11 is 0. The highest BCUT2D eigenvalue weighted by Gasteiger charge is 2.26. The Morgan fingerprint density at radius 2 is 2.10 bits per heavy atom. The van der Waals surface area contributed by atoms with E-state index in [1.807, 2.05) is 6.07 Å². The summed E-state index contributed by atoms with van der Waals surface area (Å²) in [5.74, 6) is 1.50. The molecule has 5 nitrogen and oxygen atoms in total. The highest BCUT2D eigenvalue weighted by Crippen LogP contribution is 2.32. The average molecular weight is 286 g/mol. The van der Waals surface area contributed by atoms with E-state index in [2.05, 4.69) is 52.4 Å². The Bertz CT molecular complexity index is 566. The molecule has 0 fully saturated rings. The van der Waals surface area contributed by atoms with Gasteiger partial charge in [0.1, 0.15) is 6.04 Å². The van der Waals surface area contributed by atoms with E-state index in [0.29, 0.717) is 5.89 Å². The topological polar surface area (TPSA) is 54.2 Å². The van der Waals surface area contributed by atoms with Crippen molar-refractivity contribution < 1.29 is 4.52 Å². The SMILES string of the molecule is CCN(CC)CCc1noc([C@@H]2Cc3ccccc3N2)n1. The number of para-hydroxylation sites is 1. The van der Waals surface area contributed by atoms with Crippen LogP contribution < -0.4 is 5.32 Å². The van der Waals surface area contributed by atoms with Crippen LogP contribution in [0.1, 0.15) is 37.2 Å². The second kappa shape index (κ2) is 6.26. The van der Waals surface area contributed by atoms with Crippen molar-refractivity contribution in [2.75, 3.05) is 25.0 Å². The van der Waals surface area contributed by atoms with Gasteiger partial charge < -0.3 is 14.7 Å². The minimum atomic E-state index is 0.108. The Hall–Kier alpha value is -1.88. The fraction of sp³-hybridized carbons (Fsp3) is 0.500. The molecule has 0 unspecified atom stereocenters. The minimum Gasteiger partial charge on any atom is -0.373 e. The molecule has 0 aliphatic carbocycles. The van der Waals surface area contributed by atoms with E-state index in [-0.39, 0.29) is 6.04 Å². The third kappa shape index (κ3) is 3.08. The standard InChI is InChI=1S/C16H22N4O/c1-3-20(4-2)10-9-15-18-16(21-19-15)14-11-12-7-5-6-8-13(12)17-14/h5-8,14,17H,3-4,9-11H2,1-2H3/t14-/m0/s1. The van der Waals surface area contributed by atoms with Gasteiger partial charge in [-0.05, 0) is 24.7 Å². The van der Waals surface area contributed by atoms with Crippen molar-refractivity contribution in [3.8, 4) is 0 Å². The van der Waals surface area contributed by atoms with Gasteiger partial charge in [0.2, 0.25) is 5.89 Å². The maximum Gasteiger partial charge on any atom is 0.249 e. The van der Waals surface area contributed by atoms with E-state index in [1.54, 1.807) is 0 Å². The number of hydrogen-bond acceptors (Lipinski definition) is 5. The maximum atomic E-state index is 5.44. The molecule has 0 saturated carbocycles. The lowest BCUT2D eigenvalue weighted by atomic mass is 10.1. The Labute approximate surface area is 125 Å². The van der Waals surface area contributed by atoms with Crippen LogP contribution in [-0.4, -0.2) is 34.7 Å². The average Bonchev–Trinajstić information content (AvgIpc) is 3.14. The molecule has 0 spiro atoms. The molecular formula is C16H22N4O. The van der Waals surface area contributed by atoms with Crippen LogP contribution in [0.4, 0.5) is 5.69 Å². The monoisotopic (exact) mass is 286 g/mol. The predicted molar refractivity (Wildman–Crippen MR) is 82.3 cm³/mol. The van der Waals surface area contributed by atoms with Crippen LogP contribution in [0.3, 0.4) is 0 Å². The van der Waals surface area contributed by atoms with Gasteiger partial charge in [0.25, 0.3) is 0 Å². The molecule has 0 radical (unpaired) electrons. The molecule has 0 saturated heterocycles. The van der Waals surface area contributed by atoms with Gasteiger partial charge in [0.05, 0.1) is 0 Å². The number of benzene rings is 1. The van der Waals surface area contributed by atoms with Crippen molar-refractivity contribution in [1.82, 2.24) is 15.0 Å². The van der Waals surface area contributed by atoms with Gasteiger partial charge in [0, 0.05) is 25.1 Å². The van der Waals surface area contributed by atoms with Crippen molar-refractivity contribution in [3.05, 3.63) is 41.5 Å². The number of rotatable bonds is 6. The highest BCUT2D eigenvalue weighted by atomic mass is 16.5. The Morgan fingerprint density at radius 3 is 2.86 bits per heavy atom. The second-order valence-corrected chi connectivity index (χ2v) is 5.38. The zero-order valence-corrected chi connectivity index (χ0v) is 12.7. The Balaban J connectivity index is 1.61. The molecule has 1 aromatic heterocycles. The van der Waals surface area contributed by atoms with Crippen LogP contribution in [-0.2, 0) is 12.8 Å². The van der Waals surface area contributed by atoms with Gasteiger partial charge in [-0.15, -0.1) is 0 Å². The first-order valence-corrected chi connectivity index (χ1v) is 7.69. The summed E-state index contributed by atoms with van der Waals surface area (Å²) in [6, 6.07) is 8.44. The number of fused-ring (bicyclic) bond motifs is 1. The predicted octanol–water partition coefficient (Wildman–Crippen LogP) is 2.66. The zero-order valence-electron chi connectivity index (χ0n) is 12.7. The van der Waals surface area contributed by atoms with Crippen molar-refractivity contribution in [1.29, 1.82) is 0 Å². The van der Waals surface area contributed by atoms with Gasteiger partial charge >= 0.3 is 0 Å². The third-order valence-electron chi connectivity index (χ3n) is 4.10. The van der Waals surface area contributed by atoms with Crippen LogP contribution in [0.15, 0.2) is 28.8 Å². The largest absolute Gasteiger partial charge is 0.373 e. The van der Waals surface area contributed by atoms with Gasteiger partial charge in [-0.3, -0.25) is 0 Å². The molecule has 1 aromatic carbocycles. The molecule has 1 N–H and O–H groups in total. The molecule has 2 aromatic rings. The van der Waals surface area contributed by atoms with Crippen LogP contribution in [0.25, 0.3) is 0 Å². The number of anilines is 1. The smallest absolute Gasteiger partial charge is 0.249 e. The summed E-state index contributed by atoms with van der Waals surface area (Å²) in [6.45, 7) is 7.43. The summed E-state index contributed by atoms with van der Waals surface area (Å²) in [6.07, 6.45) is 1.75. The molecule has 1 atom stereocenters. The molecule has 5 heteroatoms. The van der Waals surface area contributed by atoms with E-state index >= 15 is 0 Å². The first kappa shape index (κ1) is 14.1. The maximum absolute atomic E-state index is 5.44. The van der Waals surface area contributed by atoms with Gasteiger partial charge in [-0.25, -0.2) is 0 Å². The van der Waals surface area contributed by atoms with E-state index in [0.717, 1.165) is 38.3 Å². The normalized spacial score (nSPS) is 17.0. The van der Waals surface area contributed by atoms with E-state index in [9.17, 15) is 0 Å². The third-order valence-corrected chi connectivity index (χ3v) is 4.10. The van der Waals surface area contributed by atoms with Crippen LogP contribution in [0.2, 0.25) is 0 Å². The fourth-order valence-corrected chi connectivity index (χ4v) is 2.76. The summed E-state index contributed by atoms with van der Waals surface area (Å²) in [4.78, 5) is 6.91. The van der Waals surface area contributed by atoms with Crippen molar-refractivity contribution in [3.63, 3.8) is 0 Å². The molecule has 112 valence electrons. The summed E-state index contributed by atoms with van der Waals surface area (Å²) < 4.78 is 5.44. The summed E-state index contributed by atoms with van der Waals surface area (Å²) in [7, 11) is 0. The second-order valence-electron chi connectivity index (χ2n) is 5.38. The lowest BCUT2D eigenvalue weighted by Crippen LogP contribution is -2.25. The quantitative estimate of drug-likeness (QED) is 0.884. The first-order chi connectivity index (χ1) is 10.3. The molecule has 1 aliphatic rings. The highest BCUT2D eigenvalue weighted by molar-refractivity contribution is 5.56. The lowest BCUT2D eigenvalue weighted by Gasteiger charge is -2.16. The van der Waals surface area contributed by atoms with Gasteiger partial charge in [-0.2, -0.15) is 4.98 Å². The van der Waals surface area contributed by atoms with Crippen molar-refractivity contribution in [2.45, 2.75) is 32.7 Å². The molecule has 1 aliphatic heterocycles. The molecular weight excluding hydrogens is 264 g/mol. The first-order valence-electron chi connectivity index (χ1n) is 7.69. The van der Waals surface area contributed by atoms with E-state index in [1.165, 1.54) is 11.3 Å². The molecule has 0 bridgehead atoms. The van der Waals surface area contributed by atoms with Crippen LogP contribution in [0, 0.1) is 0 Å². The van der Waals surface area contributed by atoms with E-state index in [4.69, 9.17) is 4.52 Å². The minimum absolute atomic E-state index is 0.108. The van der Waals surface area contributed by atoms with Crippen LogP contribution >= 0.6 is 0 Å². The Morgan fingerprint density at radius 1 is 1.29 bits per heavy atom. The fourth-order valence-electron chi connectivity index (χ4n) is 2.76. The van der Waals surface area contributed by atoms with Crippen molar-refractivity contribution in [2.24, 2.45) is 0 Å². The van der Waals surface area contributed by atoms with Crippen molar-refractivity contribution >= 4 is 5.69 Å². The summed E-state index contributed by atoms with van der Waals surface area (Å²) in [5.41, 5.74) is 2.48. The van der Waals surface area contributed by atoms with Gasteiger partial charge in [0.15, 0.2) is 5.82 Å².